The third kappa shape index (κ3) is 4.07. The lowest BCUT2D eigenvalue weighted by Gasteiger charge is -2.57. The molecule has 1 aliphatic rings. The van der Waals surface area contributed by atoms with Gasteiger partial charge >= 0.3 is 6.18 Å². The number of ether oxygens (including phenoxy) is 2. The largest absolute Gasteiger partial charge is 0.484 e. The van der Waals surface area contributed by atoms with E-state index in [-0.39, 0.29) is 17.8 Å². The second-order valence-electron chi connectivity index (χ2n) is 6.72. The van der Waals surface area contributed by atoms with E-state index in [0.29, 0.717) is 18.7 Å². The first-order valence-electron chi connectivity index (χ1n) is 8.01. The van der Waals surface area contributed by atoms with Crippen LogP contribution in [0.1, 0.15) is 27.2 Å². The number of halogens is 3. The monoisotopic (exact) mass is 360 g/mol. The predicted molar refractivity (Wildman–Crippen MR) is 87.4 cm³/mol. The maximum atomic E-state index is 12.6. The van der Waals surface area contributed by atoms with Crippen LogP contribution in [-0.4, -0.2) is 36.9 Å². The number of alkyl halides is 3. The molecule has 8 heteroatoms. The molecule has 2 rings (SSSR count). The molecule has 0 spiro atoms. The Hall–Kier alpha value is -1.80. The topological polar surface area (TPSA) is 73.6 Å². The lowest BCUT2D eigenvalue weighted by Crippen LogP contribution is -2.74. The summed E-state index contributed by atoms with van der Waals surface area (Å²) >= 11 is 0. The minimum Gasteiger partial charge on any atom is -0.484 e. The van der Waals surface area contributed by atoms with Crippen molar-refractivity contribution < 1.29 is 27.4 Å². The summed E-state index contributed by atoms with van der Waals surface area (Å²) in [6.07, 6.45) is -4.08. The van der Waals surface area contributed by atoms with Gasteiger partial charge in [0.25, 0.3) is 0 Å². The van der Waals surface area contributed by atoms with Crippen LogP contribution < -0.4 is 15.8 Å². The van der Waals surface area contributed by atoms with E-state index < -0.39 is 23.7 Å². The fourth-order valence-electron chi connectivity index (χ4n) is 2.86. The highest BCUT2D eigenvalue weighted by Crippen LogP contribution is 2.50. The molecule has 1 aromatic rings. The molecule has 3 N–H and O–H groups in total. The molecule has 1 aromatic carbocycles. The Morgan fingerprint density at radius 1 is 1.32 bits per heavy atom. The summed E-state index contributed by atoms with van der Waals surface area (Å²) in [6, 6.07) is 5.66. The molecular formula is C17H23F3N2O3. The lowest BCUT2D eigenvalue weighted by atomic mass is 9.54. The Balaban J connectivity index is 1.97. The molecule has 140 valence electrons. The zero-order chi connectivity index (χ0) is 18.9. The quantitative estimate of drug-likeness (QED) is 0.818. The number of carbonyl (C=O) groups excluding carboxylic acids is 1. The Kier molecular flexibility index (Phi) is 5.34. The van der Waals surface area contributed by atoms with Crippen molar-refractivity contribution in [2.24, 2.45) is 11.1 Å². The van der Waals surface area contributed by atoms with Crippen molar-refractivity contribution in [1.82, 2.24) is 0 Å². The molecule has 0 saturated heterocycles. The smallest absolute Gasteiger partial charge is 0.422 e. The van der Waals surface area contributed by atoms with Crippen LogP contribution in [0.4, 0.5) is 18.9 Å². The van der Waals surface area contributed by atoms with Crippen molar-refractivity contribution in [3.05, 3.63) is 24.3 Å². The number of nitrogens with two attached hydrogens (primary N) is 1. The van der Waals surface area contributed by atoms with E-state index in [9.17, 15) is 18.0 Å². The minimum atomic E-state index is -4.40. The van der Waals surface area contributed by atoms with E-state index in [4.69, 9.17) is 10.5 Å². The Bertz CT molecular complexity index is 617. The second kappa shape index (κ2) is 6.84. The highest BCUT2D eigenvalue weighted by Gasteiger charge is 2.62. The van der Waals surface area contributed by atoms with Gasteiger partial charge in [-0.2, -0.15) is 13.2 Å². The van der Waals surface area contributed by atoms with Crippen molar-refractivity contribution in [2.45, 2.75) is 45.0 Å². The number of benzene rings is 1. The number of carbonyl (C=O) groups is 1. The molecule has 5 nitrogen and oxygen atoms in total. The van der Waals surface area contributed by atoms with E-state index in [1.165, 1.54) is 24.3 Å². The van der Waals surface area contributed by atoms with E-state index in [0.717, 1.165) is 0 Å². The van der Waals surface area contributed by atoms with Gasteiger partial charge in [-0.3, -0.25) is 4.79 Å². The number of hydrogen-bond donors (Lipinski definition) is 2. The number of anilines is 1. The third-order valence-electron chi connectivity index (χ3n) is 4.75. The standard InChI is InChI=1S/C17H23F3N2O3/c1-4-24-13-9-16(21,15(13,2)3)14(23)22-11-5-7-12(8-6-11)25-10-17(18,19)20/h5-8,13H,4,9-10,21H2,1-3H3,(H,22,23). The maximum Gasteiger partial charge on any atom is 0.422 e. The number of rotatable bonds is 6. The molecule has 0 heterocycles. The van der Waals surface area contributed by atoms with Crippen LogP contribution in [0.25, 0.3) is 0 Å². The lowest BCUT2D eigenvalue weighted by molar-refractivity contribution is -0.166. The summed E-state index contributed by atoms with van der Waals surface area (Å²) in [5.74, 6) is -0.282. The third-order valence-corrected chi connectivity index (χ3v) is 4.75. The first-order chi connectivity index (χ1) is 11.5. The summed E-state index contributed by atoms with van der Waals surface area (Å²) < 4.78 is 46.6. The summed E-state index contributed by atoms with van der Waals surface area (Å²) in [5, 5.41) is 2.70. The maximum absolute atomic E-state index is 12.6. The highest BCUT2D eigenvalue weighted by molar-refractivity contribution is 5.99. The molecule has 1 aliphatic carbocycles. The molecule has 2 atom stereocenters. The summed E-state index contributed by atoms with van der Waals surface area (Å²) in [5.41, 5.74) is 5.12. The van der Waals surface area contributed by atoms with Crippen molar-refractivity contribution in [3.8, 4) is 5.75 Å². The predicted octanol–water partition coefficient (Wildman–Crippen LogP) is 3.10. The van der Waals surface area contributed by atoms with Crippen LogP contribution in [0.5, 0.6) is 5.75 Å². The highest BCUT2D eigenvalue weighted by atomic mass is 19.4. The normalized spacial score (nSPS) is 25.2. The zero-order valence-electron chi connectivity index (χ0n) is 14.4. The van der Waals surface area contributed by atoms with Gasteiger partial charge in [0.2, 0.25) is 5.91 Å². The van der Waals surface area contributed by atoms with E-state index in [1.54, 1.807) is 0 Å². The van der Waals surface area contributed by atoms with E-state index in [1.807, 2.05) is 20.8 Å². The van der Waals surface area contributed by atoms with Gasteiger partial charge in [-0.1, -0.05) is 13.8 Å². The van der Waals surface area contributed by atoms with E-state index >= 15 is 0 Å². The molecule has 0 radical (unpaired) electrons. The Morgan fingerprint density at radius 2 is 1.92 bits per heavy atom. The molecule has 2 unspecified atom stereocenters. The number of hydrogen-bond acceptors (Lipinski definition) is 4. The van der Waals surface area contributed by atoms with Gasteiger partial charge in [0.05, 0.1) is 6.10 Å². The Morgan fingerprint density at radius 3 is 2.40 bits per heavy atom. The van der Waals surface area contributed by atoms with Crippen LogP contribution in [0.3, 0.4) is 0 Å². The first kappa shape index (κ1) is 19.5. The molecule has 1 fully saturated rings. The van der Waals surface area contributed by atoms with Gasteiger partial charge in [-0.25, -0.2) is 0 Å². The molecule has 1 saturated carbocycles. The fraction of sp³-hybridized carbons (Fsp3) is 0.588. The molecule has 0 aromatic heterocycles. The summed E-state index contributed by atoms with van der Waals surface area (Å²) in [4.78, 5) is 12.6. The Labute approximate surface area is 144 Å². The average molecular weight is 360 g/mol. The van der Waals surface area contributed by atoms with Gasteiger partial charge in [-0.05, 0) is 31.2 Å². The van der Waals surface area contributed by atoms with Gasteiger partial charge in [0, 0.05) is 24.1 Å². The van der Waals surface area contributed by atoms with Gasteiger partial charge in [0.15, 0.2) is 6.61 Å². The number of nitrogens with one attached hydrogen (secondary N) is 1. The average Bonchev–Trinajstić information content (AvgIpc) is 2.53. The van der Waals surface area contributed by atoms with Crippen molar-refractivity contribution in [1.29, 1.82) is 0 Å². The zero-order valence-corrected chi connectivity index (χ0v) is 14.4. The van der Waals surface area contributed by atoms with Crippen molar-refractivity contribution >= 4 is 11.6 Å². The van der Waals surface area contributed by atoms with Crippen LogP contribution in [0, 0.1) is 5.41 Å². The van der Waals surface area contributed by atoms with Crippen LogP contribution >= 0.6 is 0 Å². The molecule has 0 bridgehead atoms. The number of amides is 1. The van der Waals surface area contributed by atoms with Gasteiger partial charge in [0.1, 0.15) is 11.3 Å². The minimum absolute atomic E-state index is 0.0677. The molecule has 0 aliphatic heterocycles. The molecule has 25 heavy (non-hydrogen) atoms. The van der Waals surface area contributed by atoms with Crippen molar-refractivity contribution in [2.75, 3.05) is 18.5 Å². The summed E-state index contributed by atoms with van der Waals surface area (Å²) in [6.45, 7) is 4.83. The van der Waals surface area contributed by atoms with Crippen LogP contribution in [0.15, 0.2) is 24.3 Å². The van der Waals surface area contributed by atoms with E-state index in [2.05, 4.69) is 10.1 Å². The molecular weight excluding hydrogens is 337 g/mol. The summed E-state index contributed by atoms with van der Waals surface area (Å²) in [7, 11) is 0. The van der Waals surface area contributed by atoms with Crippen molar-refractivity contribution in [3.63, 3.8) is 0 Å². The SMILES string of the molecule is CCOC1CC(N)(C(=O)Nc2ccc(OCC(F)(F)F)cc2)C1(C)C. The fourth-order valence-corrected chi connectivity index (χ4v) is 2.86. The van der Waals surface area contributed by atoms with Gasteiger partial charge in [-0.15, -0.1) is 0 Å². The van der Waals surface area contributed by atoms with Crippen LogP contribution in [-0.2, 0) is 9.53 Å². The van der Waals surface area contributed by atoms with Crippen LogP contribution in [0.2, 0.25) is 0 Å². The second-order valence-corrected chi connectivity index (χ2v) is 6.72. The first-order valence-corrected chi connectivity index (χ1v) is 8.01. The molecule has 1 amide bonds. The van der Waals surface area contributed by atoms with Gasteiger partial charge < -0.3 is 20.5 Å².